The van der Waals surface area contributed by atoms with Gasteiger partial charge < -0.3 is 15.4 Å². The molecule has 2 N–H and O–H groups in total. The number of rotatable bonds is 4. The normalized spacial score (nSPS) is 11.0. The van der Waals surface area contributed by atoms with Crippen LogP contribution in [0.1, 0.15) is 31.9 Å². The molecular formula is C20H23FN2O3. The predicted octanol–water partition coefficient (Wildman–Crippen LogP) is 4.66. The number of hydrogen-bond donors (Lipinski definition) is 2. The van der Waals surface area contributed by atoms with Gasteiger partial charge in [-0.25, -0.2) is 9.18 Å². The van der Waals surface area contributed by atoms with E-state index in [1.807, 2.05) is 33.8 Å². The number of anilines is 2. The molecule has 0 fully saturated rings. The SMILES string of the molecule is Cc1cc(CC(=O)OC(C)(C)C)ccc1NC(=O)Nc1ccccc1F. The summed E-state index contributed by atoms with van der Waals surface area (Å²) in [5.74, 6) is -0.818. The molecule has 0 saturated carbocycles. The zero-order valence-electron chi connectivity index (χ0n) is 15.4. The van der Waals surface area contributed by atoms with E-state index < -0.39 is 17.4 Å². The summed E-state index contributed by atoms with van der Waals surface area (Å²) >= 11 is 0. The number of hydrogen-bond acceptors (Lipinski definition) is 3. The second-order valence-electron chi connectivity index (χ2n) is 6.97. The molecule has 0 radical (unpaired) electrons. The highest BCUT2D eigenvalue weighted by atomic mass is 19.1. The van der Waals surface area contributed by atoms with Gasteiger partial charge in [0.25, 0.3) is 0 Å². The molecular weight excluding hydrogens is 335 g/mol. The van der Waals surface area contributed by atoms with Crippen LogP contribution in [0, 0.1) is 12.7 Å². The Morgan fingerprint density at radius 1 is 1.04 bits per heavy atom. The van der Waals surface area contributed by atoms with Crippen molar-refractivity contribution in [1.29, 1.82) is 0 Å². The van der Waals surface area contributed by atoms with Crippen LogP contribution in [-0.2, 0) is 16.0 Å². The lowest BCUT2D eigenvalue weighted by Crippen LogP contribution is -2.25. The highest BCUT2D eigenvalue weighted by Gasteiger charge is 2.17. The van der Waals surface area contributed by atoms with Gasteiger partial charge in [0.15, 0.2) is 0 Å². The van der Waals surface area contributed by atoms with Crippen molar-refractivity contribution in [1.82, 2.24) is 0 Å². The van der Waals surface area contributed by atoms with Crippen LogP contribution in [0.4, 0.5) is 20.6 Å². The maximum atomic E-state index is 13.6. The number of para-hydroxylation sites is 1. The monoisotopic (exact) mass is 358 g/mol. The Kier molecular flexibility index (Phi) is 5.97. The van der Waals surface area contributed by atoms with Crippen molar-refractivity contribution in [3.63, 3.8) is 0 Å². The lowest BCUT2D eigenvalue weighted by Gasteiger charge is -2.19. The van der Waals surface area contributed by atoms with Crippen LogP contribution >= 0.6 is 0 Å². The Morgan fingerprint density at radius 2 is 1.69 bits per heavy atom. The summed E-state index contributed by atoms with van der Waals surface area (Å²) in [6.45, 7) is 7.27. The van der Waals surface area contributed by atoms with Crippen molar-refractivity contribution in [3.8, 4) is 0 Å². The molecule has 0 spiro atoms. The summed E-state index contributed by atoms with van der Waals surface area (Å²) in [6, 6.07) is 10.6. The van der Waals surface area contributed by atoms with Crippen LogP contribution < -0.4 is 10.6 Å². The van der Waals surface area contributed by atoms with Crippen molar-refractivity contribution in [2.24, 2.45) is 0 Å². The fraction of sp³-hybridized carbons (Fsp3) is 0.300. The Hall–Kier alpha value is -2.89. The summed E-state index contributed by atoms with van der Waals surface area (Å²) in [6.07, 6.45) is 0.153. The van der Waals surface area contributed by atoms with E-state index in [-0.39, 0.29) is 18.1 Å². The van der Waals surface area contributed by atoms with Gasteiger partial charge in [0, 0.05) is 5.69 Å². The molecule has 2 aromatic carbocycles. The predicted molar refractivity (Wildman–Crippen MR) is 99.8 cm³/mol. The summed E-state index contributed by atoms with van der Waals surface area (Å²) < 4.78 is 18.9. The standard InChI is InChI=1S/C20H23FN2O3/c1-13-11-14(12-18(24)26-20(2,3)4)9-10-16(13)22-19(25)23-17-8-6-5-7-15(17)21/h5-11H,12H2,1-4H3,(H2,22,23,25). The van der Waals surface area contributed by atoms with Gasteiger partial charge >= 0.3 is 12.0 Å². The van der Waals surface area contributed by atoms with Gasteiger partial charge in [0.1, 0.15) is 11.4 Å². The molecule has 0 aliphatic heterocycles. The van der Waals surface area contributed by atoms with Crippen LogP contribution in [0.15, 0.2) is 42.5 Å². The number of carbonyl (C=O) groups is 2. The van der Waals surface area contributed by atoms with E-state index in [0.29, 0.717) is 5.69 Å². The smallest absolute Gasteiger partial charge is 0.323 e. The quantitative estimate of drug-likeness (QED) is 0.781. The van der Waals surface area contributed by atoms with E-state index in [4.69, 9.17) is 4.74 Å². The minimum atomic E-state index is -0.543. The average Bonchev–Trinajstić information content (AvgIpc) is 2.50. The second kappa shape index (κ2) is 7.99. The molecule has 0 heterocycles. The molecule has 0 saturated heterocycles. The molecule has 138 valence electrons. The van der Waals surface area contributed by atoms with Crippen LogP contribution in [0.25, 0.3) is 0 Å². The number of halogens is 1. The minimum Gasteiger partial charge on any atom is -0.460 e. The molecule has 0 aliphatic carbocycles. The summed E-state index contributed by atoms with van der Waals surface area (Å²) in [5, 5.41) is 5.13. The maximum absolute atomic E-state index is 13.6. The maximum Gasteiger partial charge on any atom is 0.323 e. The van der Waals surface area contributed by atoms with E-state index in [2.05, 4.69) is 10.6 Å². The van der Waals surface area contributed by atoms with E-state index in [1.165, 1.54) is 12.1 Å². The van der Waals surface area contributed by atoms with Crippen LogP contribution in [-0.4, -0.2) is 17.6 Å². The largest absolute Gasteiger partial charge is 0.460 e. The number of nitrogens with one attached hydrogen (secondary N) is 2. The fourth-order valence-corrected chi connectivity index (χ4v) is 2.36. The minimum absolute atomic E-state index is 0.101. The lowest BCUT2D eigenvalue weighted by molar-refractivity contribution is -0.153. The number of amides is 2. The van der Waals surface area contributed by atoms with Crippen molar-refractivity contribution in [3.05, 3.63) is 59.4 Å². The summed E-state index contributed by atoms with van der Waals surface area (Å²) in [5.41, 5.74) is 1.72. The number of aryl methyl sites for hydroxylation is 1. The number of esters is 1. The van der Waals surface area contributed by atoms with Crippen molar-refractivity contribution in [2.45, 2.75) is 39.7 Å². The highest BCUT2D eigenvalue weighted by molar-refractivity contribution is 6.00. The Labute approximate surface area is 152 Å². The van der Waals surface area contributed by atoms with Gasteiger partial charge in [-0.3, -0.25) is 4.79 Å². The molecule has 0 atom stereocenters. The van der Waals surface area contributed by atoms with E-state index in [9.17, 15) is 14.0 Å². The van der Waals surface area contributed by atoms with Gasteiger partial charge in [0.05, 0.1) is 12.1 Å². The fourth-order valence-electron chi connectivity index (χ4n) is 2.36. The van der Waals surface area contributed by atoms with Crippen molar-refractivity contribution < 1.29 is 18.7 Å². The first kappa shape index (κ1) is 19.4. The molecule has 2 amide bonds. The second-order valence-corrected chi connectivity index (χ2v) is 6.97. The van der Waals surface area contributed by atoms with Crippen molar-refractivity contribution >= 4 is 23.4 Å². The topological polar surface area (TPSA) is 67.4 Å². The molecule has 5 nitrogen and oxygen atoms in total. The third-order valence-electron chi connectivity index (χ3n) is 3.43. The molecule has 0 bridgehead atoms. The van der Waals surface area contributed by atoms with Gasteiger partial charge in [0.2, 0.25) is 0 Å². The van der Waals surface area contributed by atoms with E-state index in [1.54, 1.807) is 24.3 Å². The number of urea groups is 1. The van der Waals surface area contributed by atoms with Crippen molar-refractivity contribution in [2.75, 3.05) is 10.6 Å². The molecule has 6 heteroatoms. The first-order valence-corrected chi connectivity index (χ1v) is 8.28. The lowest BCUT2D eigenvalue weighted by atomic mass is 10.1. The zero-order valence-corrected chi connectivity index (χ0v) is 15.4. The Bertz CT molecular complexity index is 813. The number of ether oxygens (including phenoxy) is 1. The highest BCUT2D eigenvalue weighted by Crippen LogP contribution is 2.19. The van der Waals surface area contributed by atoms with E-state index >= 15 is 0 Å². The van der Waals surface area contributed by atoms with Crippen LogP contribution in [0.5, 0.6) is 0 Å². The Morgan fingerprint density at radius 3 is 2.31 bits per heavy atom. The molecule has 2 aromatic rings. The molecule has 0 aliphatic rings. The molecule has 0 unspecified atom stereocenters. The summed E-state index contributed by atoms with van der Waals surface area (Å²) in [4.78, 5) is 23.9. The van der Waals surface area contributed by atoms with E-state index in [0.717, 1.165) is 11.1 Å². The third-order valence-corrected chi connectivity index (χ3v) is 3.43. The molecule has 0 aromatic heterocycles. The first-order valence-electron chi connectivity index (χ1n) is 8.28. The molecule has 26 heavy (non-hydrogen) atoms. The molecule has 2 rings (SSSR count). The van der Waals surface area contributed by atoms with Crippen LogP contribution in [0.2, 0.25) is 0 Å². The zero-order chi connectivity index (χ0) is 19.3. The van der Waals surface area contributed by atoms with Gasteiger partial charge in [-0.2, -0.15) is 0 Å². The van der Waals surface area contributed by atoms with Gasteiger partial charge in [-0.1, -0.05) is 24.3 Å². The Balaban J connectivity index is 2.00. The van der Waals surface area contributed by atoms with Gasteiger partial charge in [-0.05, 0) is 57.0 Å². The van der Waals surface area contributed by atoms with Crippen LogP contribution in [0.3, 0.4) is 0 Å². The summed E-state index contributed by atoms with van der Waals surface area (Å²) in [7, 11) is 0. The number of benzene rings is 2. The first-order chi connectivity index (χ1) is 12.1. The average molecular weight is 358 g/mol. The van der Waals surface area contributed by atoms with Gasteiger partial charge in [-0.15, -0.1) is 0 Å². The number of carbonyl (C=O) groups excluding carboxylic acids is 2. The third kappa shape index (κ3) is 5.88.